The summed E-state index contributed by atoms with van der Waals surface area (Å²) in [6.07, 6.45) is 4.70. The van der Waals surface area contributed by atoms with E-state index in [2.05, 4.69) is 35.2 Å². The second-order valence-electron chi connectivity index (χ2n) is 4.84. The molecule has 26 heavy (non-hydrogen) atoms. The summed E-state index contributed by atoms with van der Waals surface area (Å²) in [7, 11) is 0. The number of hydrogen-bond acceptors (Lipinski definition) is 8. The van der Waals surface area contributed by atoms with Crippen LogP contribution in [0.5, 0.6) is 0 Å². The number of nitrogens with zero attached hydrogens (tertiary/aromatic N) is 7. The maximum atomic E-state index is 10.3. The van der Waals surface area contributed by atoms with Crippen LogP contribution in [0.25, 0.3) is 16.5 Å². The molecule has 0 unspecified atom stereocenters. The molecular weight excluding hydrogens is 342 g/mol. The van der Waals surface area contributed by atoms with Crippen LogP contribution >= 0.6 is 0 Å². The van der Waals surface area contributed by atoms with Crippen molar-refractivity contribution in [3.63, 3.8) is 0 Å². The van der Waals surface area contributed by atoms with Crippen molar-refractivity contribution in [1.82, 2.24) is 30.4 Å². The third kappa shape index (κ3) is 8.92. The number of carboxylic acids is 2. The van der Waals surface area contributed by atoms with Gasteiger partial charge in [0.1, 0.15) is 0 Å². The highest BCUT2D eigenvalue weighted by molar-refractivity contribution is 5.66. The Morgan fingerprint density at radius 3 is 2.04 bits per heavy atom. The Bertz CT molecular complexity index is 732. The Morgan fingerprint density at radius 2 is 1.50 bits per heavy atom. The first-order valence-electron chi connectivity index (χ1n) is 7.63. The van der Waals surface area contributed by atoms with Crippen LogP contribution in [-0.4, -0.2) is 59.1 Å². The summed E-state index contributed by atoms with van der Waals surface area (Å²) in [5, 5.41) is 31.9. The van der Waals surface area contributed by atoms with Gasteiger partial charge in [-0.05, 0) is 12.5 Å². The van der Waals surface area contributed by atoms with Gasteiger partial charge in [0, 0.05) is 31.7 Å². The van der Waals surface area contributed by atoms with Gasteiger partial charge >= 0.3 is 11.9 Å². The monoisotopic (exact) mass is 359 g/mol. The van der Waals surface area contributed by atoms with Gasteiger partial charge in [0.25, 0.3) is 0 Å². The highest BCUT2D eigenvalue weighted by Gasteiger charge is 2.07. The maximum absolute atomic E-state index is 10.3. The van der Waals surface area contributed by atoms with E-state index in [4.69, 9.17) is 16.8 Å². The second-order valence-corrected chi connectivity index (χ2v) is 4.84. The van der Waals surface area contributed by atoms with Gasteiger partial charge in [-0.15, -0.1) is 20.4 Å². The Balaban J connectivity index is 0.000000359. The zero-order chi connectivity index (χ0) is 19.2. The average Bonchev–Trinajstić information content (AvgIpc) is 2.63. The Morgan fingerprint density at radius 1 is 0.923 bits per heavy atom. The van der Waals surface area contributed by atoms with Crippen LogP contribution < -0.4 is 0 Å². The van der Waals surface area contributed by atoms with Crippen LogP contribution in [0.1, 0.15) is 31.5 Å². The summed E-state index contributed by atoms with van der Waals surface area (Å²) >= 11 is 0. The predicted molar refractivity (Wildman–Crippen MR) is 87.6 cm³/mol. The molecule has 0 aliphatic carbocycles. The number of carbonyl (C=O) groups is 2. The van der Waals surface area contributed by atoms with Crippen LogP contribution in [0.2, 0.25) is 0 Å². The van der Waals surface area contributed by atoms with Crippen LogP contribution in [0.15, 0.2) is 18.5 Å². The number of aromatic nitrogens is 6. The van der Waals surface area contributed by atoms with Crippen molar-refractivity contribution in [2.75, 3.05) is 6.54 Å². The van der Waals surface area contributed by atoms with E-state index in [0.29, 0.717) is 37.5 Å². The lowest BCUT2D eigenvalue weighted by atomic mass is 10.2. The van der Waals surface area contributed by atoms with Crippen LogP contribution in [-0.2, 0) is 16.0 Å². The van der Waals surface area contributed by atoms with Crippen molar-refractivity contribution in [2.45, 2.75) is 32.1 Å². The smallest absolute Gasteiger partial charge is 0.303 e. The lowest BCUT2D eigenvalue weighted by Gasteiger charge is -1.98. The number of rotatable bonds is 8. The molecule has 2 N–H and O–H groups in total. The summed E-state index contributed by atoms with van der Waals surface area (Å²) < 4.78 is 0. The lowest BCUT2D eigenvalue weighted by molar-refractivity contribution is -0.138. The number of aliphatic carboxylic acids is 2. The molecular formula is C15H17N7O4. The predicted octanol–water partition coefficient (Wildman–Crippen LogP) is 0.901. The molecule has 136 valence electrons. The third-order valence-corrected chi connectivity index (χ3v) is 2.74. The first kappa shape index (κ1) is 20.5. The summed E-state index contributed by atoms with van der Waals surface area (Å²) in [6, 6.07) is 1.69. The molecule has 0 aliphatic rings. The SMILES string of the molecule is O=C(O)CCCc1nnc(-c2ncccn2)nn1.[C-]#[N+]CCCC(=O)O. The van der Waals surface area contributed by atoms with Gasteiger partial charge < -0.3 is 15.1 Å². The van der Waals surface area contributed by atoms with E-state index in [1.807, 2.05) is 0 Å². The van der Waals surface area contributed by atoms with Gasteiger partial charge in [-0.3, -0.25) is 9.59 Å². The first-order chi connectivity index (χ1) is 12.5. The quantitative estimate of drug-likeness (QED) is 0.512. The van der Waals surface area contributed by atoms with Crippen molar-refractivity contribution < 1.29 is 19.8 Å². The minimum Gasteiger partial charge on any atom is -0.481 e. The average molecular weight is 359 g/mol. The molecule has 0 spiro atoms. The molecule has 2 heterocycles. The Hall–Kier alpha value is -3.55. The van der Waals surface area contributed by atoms with Gasteiger partial charge in [-0.25, -0.2) is 16.5 Å². The third-order valence-electron chi connectivity index (χ3n) is 2.74. The first-order valence-corrected chi connectivity index (χ1v) is 7.63. The number of carboxylic acid groups (broad SMARTS) is 2. The minimum atomic E-state index is -0.842. The molecule has 2 aromatic heterocycles. The molecule has 0 atom stereocenters. The molecule has 0 radical (unpaired) electrons. The van der Waals surface area contributed by atoms with E-state index >= 15 is 0 Å². The van der Waals surface area contributed by atoms with E-state index in [1.54, 1.807) is 18.5 Å². The second kappa shape index (κ2) is 11.9. The number of aryl methyl sites for hydroxylation is 1. The summed E-state index contributed by atoms with van der Waals surface area (Å²) in [6.45, 7) is 6.60. The summed E-state index contributed by atoms with van der Waals surface area (Å²) in [4.78, 5) is 31.0. The van der Waals surface area contributed by atoms with Crippen molar-refractivity contribution in [1.29, 1.82) is 0 Å². The Kier molecular flexibility index (Phi) is 9.38. The molecule has 0 aromatic carbocycles. The van der Waals surface area contributed by atoms with E-state index in [0.717, 1.165) is 0 Å². The van der Waals surface area contributed by atoms with Crippen molar-refractivity contribution in [3.05, 3.63) is 35.7 Å². The van der Waals surface area contributed by atoms with Gasteiger partial charge in [0.05, 0.1) is 6.42 Å². The van der Waals surface area contributed by atoms with Crippen LogP contribution in [0.4, 0.5) is 0 Å². The fraction of sp³-hybridized carbons (Fsp3) is 0.400. The standard InChI is InChI=1S/C10H10N6O2.C5H7NO2/c17-8(18)4-1-3-7-13-15-10(16-14-7)9-11-5-2-6-12-9;1-6-4-2-3-5(7)8/h2,5-6H,1,3-4H2,(H,17,18);2-4H2,(H,7,8). The van der Waals surface area contributed by atoms with Crippen molar-refractivity contribution in [3.8, 4) is 11.6 Å². The molecule has 0 aliphatic heterocycles. The number of hydrogen-bond donors (Lipinski definition) is 2. The largest absolute Gasteiger partial charge is 0.481 e. The molecule has 2 rings (SSSR count). The topological polar surface area (TPSA) is 156 Å². The molecule has 0 fully saturated rings. The normalized spacial score (nSPS) is 9.50. The van der Waals surface area contributed by atoms with Gasteiger partial charge in [-0.1, -0.05) is 0 Å². The van der Waals surface area contributed by atoms with Gasteiger partial charge in [0.2, 0.25) is 18.2 Å². The van der Waals surface area contributed by atoms with E-state index in [-0.39, 0.29) is 18.7 Å². The zero-order valence-electron chi connectivity index (χ0n) is 13.8. The maximum Gasteiger partial charge on any atom is 0.303 e. The molecule has 0 saturated heterocycles. The molecule has 11 heteroatoms. The van der Waals surface area contributed by atoms with Gasteiger partial charge in [-0.2, -0.15) is 0 Å². The summed E-state index contributed by atoms with van der Waals surface area (Å²) in [5.74, 6) is -0.651. The minimum absolute atomic E-state index is 0.0763. The van der Waals surface area contributed by atoms with E-state index in [1.165, 1.54) is 0 Å². The van der Waals surface area contributed by atoms with E-state index < -0.39 is 11.9 Å². The fourth-order valence-corrected chi connectivity index (χ4v) is 1.56. The lowest BCUT2D eigenvalue weighted by Crippen LogP contribution is -2.05. The highest BCUT2D eigenvalue weighted by Crippen LogP contribution is 2.04. The summed E-state index contributed by atoms with van der Waals surface area (Å²) in [5.41, 5.74) is 0. The molecule has 11 nitrogen and oxygen atoms in total. The Labute approximate surface area is 149 Å². The van der Waals surface area contributed by atoms with Crippen molar-refractivity contribution >= 4 is 11.9 Å². The van der Waals surface area contributed by atoms with Gasteiger partial charge in [0.15, 0.2) is 5.82 Å². The van der Waals surface area contributed by atoms with Crippen LogP contribution in [0, 0.1) is 6.57 Å². The zero-order valence-corrected chi connectivity index (χ0v) is 13.8. The molecule has 2 aromatic rings. The van der Waals surface area contributed by atoms with Crippen LogP contribution in [0.3, 0.4) is 0 Å². The van der Waals surface area contributed by atoms with Crippen molar-refractivity contribution in [2.24, 2.45) is 0 Å². The fourth-order valence-electron chi connectivity index (χ4n) is 1.56. The van der Waals surface area contributed by atoms with E-state index in [9.17, 15) is 9.59 Å². The molecule has 0 saturated carbocycles. The highest BCUT2D eigenvalue weighted by atomic mass is 16.4. The molecule has 0 bridgehead atoms. The molecule has 0 amide bonds.